The summed E-state index contributed by atoms with van der Waals surface area (Å²) in [5, 5.41) is 18.1. The molecule has 0 radical (unpaired) electrons. The Bertz CT molecular complexity index is 665. The summed E-state index contributed by atoms with van der Waals surface area (Å²) in [5.41, 5.74) is -0.102. The maximum absolute atomic E-state index is 12.2. The summed E-state index contributed by atoms with van der Waals surface area (Å²) in [6, 6.07) is 4.21. The number of benzene rings is 1. The van der Waals surface area contributed by atoms with Crippen LogP contribution in [0.15, 0.2) is 23.1 Å². The van der Waals surface area contributed by atoms with Crippen LogP contribution >= 0.6 is 11.6 Å². The van der Waals surface area contributed by atoms with Crippen molar-refractivity contribution in [2.45, 2.75) is 24.8 Å². The van der Waals surface area contributed by atoms with E-state index in [9.17, 15) is 13.2 Å². The summed E-state index contributed by atoms with van der Waals surface area (Å²) in [4.78, 5) is 10.7. The average Bonchev–Trinajstić information content (AvgIpc) is 2.35. The Kier molecular flexibility index (Phi) is 5.11. The van der Waals surface area contributed by atoms with E-state index in [4.69, 9.17) is 22.0 Å². The van der Waals surface area contributed by atoms with Crippen molar-refractivity contribution in [2.75, 3.05) is 0 Å². The van der Waals surface area contributed by atoms with Crippen LogP contribution in [0.25, 0.3) is 0 Å². The number of hydrogen-bond donors (Lipinski definition) is 2. The van der Waals surface area contributed by atoms with Crippen LogP contribution in [0, 0.1) is 17.2 Å². The fourth-order valence-corrected chi connectivity index (χ4v) is 3.27. The van der Waals surface area contributed by atoms with Crippen molar-refractivity contribution in [3.8, 4) is 6.07 Å². The molecule has 0 heterocycles. The van der Waals surface area contributed by atoms with E-state index in [2.05, 4.69) is 4.72 Å². The molecule has 0 aliphatic heterocycles. The van der Waals surface area contributed by atoms with Gasteiger partial charge in [0.15, 0.2) is 0 Å². The molecule has 0 unspecified atom stereocenters. The lowest BCUT2D eigenvalue weighted by molar-refractivity contribution is -0.140. The number of hydrogen-bond acceptors (Lipinski definition) is 4. The summed E-state index contributed by atoms with van der Waals surface area (Å²) in [6.07, 6.45) is 0. The van der Waals surface area contributed by atoms with E-state index < -0.39 is 28.0 Å². The van der Waals surface area contributed by atoms with Gasteiger partial charge in [0.05, 0.1) is 5.56 Å². The summed E-state index contributed by atoms with van der Waals surface area (Å²) in [6.45, 7) is 3.15. The molecule has 0 spiro atoms. The lowest BCUT2D eigenvalue weighted by Gasteiger charge is -2.18. The van der Waals surface area contributed by atoms with Crippen LogP contribution < -0.4 is 4.72 Å². The number of sulfonamides is 1. The molecule has 0 aromatic heterocycles. The standard InChI is InChI=1S/C12H13ClN2O4S/c1-7(2)11(12(16)17)15-20(18,19)10-5-9(13)4-3-8(10)6-14/h3-5,7,11,15H,1-2H3,(H,16,17)/t11-/m1/s1. The van der Waals surface area contributed by atoms with E-state index >= 15 is 0 Å². The molecule has 0 saturated heterocycles. The summed E-state index contributed by atoms with van der Waals surface area (Å²) in [5.74, 6) is -1.74. The number of carbonyl (C=O) groups is 1. The first-order valence-electron chi connectivity index (χ1n) is 5.64. The van der Waals surface area contributed by atoms with Gasteiger partial charge in [-0.1, -0.05) is 25.4 Å². The Morgan fingerprint density at radius 3 is 2.50 bits per heavy atom. The van der Waals surface area contributed by atoms with Crippen LogP contribution in [0.3, 0.4) is 0 Å². The minimum absolute atomic E-state index is 0.102. The SMILES string of the molecule is CC(C)[C@@H](NS(=O)(=O)c1cc(Cl)ccc1C#N)C(=O)O. The molecule has 0 fully saturated rings. The minimum atomic E-state index is -4.15. The average molecular weight is 317 g/mol. The molecule has 6 nitrogen and oxygen atoms in total. The van der Waals surface area contributed by atoms with Gasteiger partial charge in [-0.2, -0.15) is 9.98 Å². The molecule has 1 aromatic rings. The second-order valence-corrected chi connectivity index (χ2v) is 6.55. The quantitative estimate of drug-likeness (QED) is 0.858. The number of rotatable bonds is 5. The molecule has 1 rings (SSSR count). The molecular formula is C12H13ClN2O4S. The van der Waals surface area contributed by atoms with Gasteiger partial charge in [0.1, 0.15) is 17.0 Å². The van der Waals surface area contributed by atoms with Gasteiger partial charge in [0.2, 0.25) is 10.0 Å². The summed E-state index contributed by atoms with van der Waals surface area (Å²) in [7, 11) is -4.15. The Morgan fingerprint density at radius 1 is 1.45 bits per heavy atom. The van der Waals surface area contributed by atoms with E-state index in [1.165, 1.54) is 12.1 Å². The third kappa shape index (κ3) is 3.70. The normalized spacial score (nSPS) is 12.9. The highest BCUT2D eigenvalue weighted by Gasteiger charge is 2.29. The van der Waals surface area contributed by atoms with E-state index in [1.807, 2.05) is 0 Å². The third-order valence-electron chi connectivity index (χ3n) is 2.57. The maximum Gasteiger partial charge on any atom is 0.322 e. The first kappa shape index (κ1) is 16.4. The highest BCUT2D eigenvalue weighted by molar-refractivity contribution is 7.89. The zero-order chi connectivity index (χ0) is 15.5. The van der Waals surface area contributed by atoms with Gasteiger partial charge >= 0.3 is 5.97 Å². The number of nitrogens with one attached hydrogen (secondary N) is 1. The molecule has 0 saturated carbocycles. The lowest BCUT2D eigenvalue weighted by atomic mass is 10.1. The largest absolute Gasteiger partial charge is 0.480 e. The molecule has 0 aliphatic carbocycles. The van der Waals surface area contributed by atoms with Crippen LogP contribution in [-0.2, 0) is 14.8 Å². The molecule has 0 aliphatic rings. The molecular weight excluding hydrogens is 304 g/mol. The Hall–Kier alpha value is -1.62. The first-order chi connectivity index (χ1) is 9.19. The predicted octanol–water partition coefficient (Wildman–Crippen LogP) is 1.60. The third-order valence-corrected chi connectivity index (χ3v) is 4.28. The highest BCUT2D eigenvalue weighted by Crippen LogP contribution is 2.21. The molecule has 20 heavy (non-hydrogen) atoms. The number of aliphatic carboxylic acids is 1. The molecule has 108 valence electrons. The van der Waals surface area contributed by atoms with E-state index in [-0.39, 0.29) is 15.5 Å². The molecule has 1 atom stereocenters. The van der Waals surface area contributed by atoms with Crippen molar-refractivity contribution < 1.29 is 18.3 Å². The molecule has 0 amide bonds. The van der Waals surface area contributed by atoms with Crippen molar-refractivity contribution >= 4 is 27.6 Å². The Labute approximate surface area is 122 Å². The van der Waals surface area contributed by atoms with Gasteiger partial charge in [-0.25, -0.2) is 8.42 Å². The topological polar surface area (TPSA) is 107 Å². The lowest BCUT2D eigenvalue weighted by Crippen LogP contribution is -2.44. The monoisotopic (exact) mass is 316 g/mol. The first-order valence-corrected chi connectivity index (χ1v) is 7.50. The summed E-state index contributed by atoms with van der Waals surface area (Å²) >= 11 is 5.72. The number of carboxylic acids is 1. The smallest absolute Gasteiger partial charge is 0.322 e. The maximum atomic E-state index is 12.2. The van der Waals surface area contributed by atoms with Crippen LogP contribution in [0.5, 0.6) is 0 Å². The predicted molar refractivity (Wildman–Crippen MR) is 72.8 cm³/mol. The van der Waals surface area contributed by atoms with Gasteiger partial charge in [-0.05, 0) is 24.1 Å². The van der Waals surface area contributed by atoms with Crippen molar-refractivity contribution in [3.05, 3.63) is 28.8 Å². The fourth-order valence-electron chi connectivity index (χ4n) is 1.51. The number of carboxylic acid groups (broad SMARTS) is 1. The number of halogens is 1. The van der Waals surface area contributed by atoms with Crippen molar-refractivity contribution in [1.29, 1.82) is 5.26 Å². The second kappa shape index (κ2) is 6.22. The van der Waals surface area contributed by atoms with Crippen molar-refractivity contribution in [3.63, 3.8) is 0 Å². The van der Waals surface area contributed by atoms with Gasteiger partial charge in [0, 0.05) is 5.02 Å². The molecule has 2 N–H and O–H groups in total. The Balaban J connectivity index is 3.28. The number of nitrogens with zero attached hydrogens (tertiary/aromatic N) is 1. The van der Waals surface area contributed by atoms with Crippen molar-refractivity contribution in [1.82, 2.24) is 4.72 Å². The van der Waals surface area contributed by atoms with E-state index in [0.29, 0.717) is 0 Å². The zero-order valence-electron chi connectivity index (χ0n) is 10.8. The summed E-state index contributed by atoms with van der Waals surface area (Å²) < 4.78 is 26.5. The van der Waals surface area contributed by atoms with Gasteiger partial charge in [-0.3, -0.25) is 4.79 Å². The van der Waals surface area contributed by atoms with Crippen LogP contribution in [-0.4, -0.2) is 25.5 Å². The van der Waals surface area contributed by atoms with Gasteiger partial charge < -0.3 is 5.11 Å². The number of nitriles is 1. The molecule has 8 heteroatoms. The minimum Gasteiger partial charge on any atom is -0.480 e. The zero-order valence-corrected chi connectivity index (χ0v) is 12.4. The second-order valence-electron chi connectivity index (χ2n) is 4.43. The van der Waals surface area contributed by atoms with Gasteiger partial charge in [0.25, 0.3) is 0 Å². The van der Waals surface area contributed by atoms with Crippen LogP contribution in [0.2, 0.25) is 5.02 Å². The van der Waals surface area contributed by atoms with Gasteiger partial charge in [-0.15, -0.1) is 0 Å². The van der Waals surface area contributed by atoms with Crippen LogP contribution in [0.4, 0.5) is 0 Å². The van der Waals surface area contributed by atoms with E-state index in [1.54, 1.807) is 19.9 Å². The van der Waals surface area contributed by atoms with E-state index in [0.717, 1.165) is 6.07 Å². The fraction of sp³-hybridized carbons (Fsp3) is 0.333. The molecule has 0 bridgehead atoms. The molecule has 1 aromatic carbocycles. The highest BCUT2D eigenvalue weighted by atomic mass is 35.5. The van der Waals surface area contributed by atoms with Crippen LogP contribution in [0.1, 0.15) is 19.4 Å². The van der Waals surface area contributed by atoms with Crippen molar-refractivity contribution in [2.24, 2.45) is 5.92 Å². The Morgan fingerprint density at radius 2 is 2.05 bits per heavy atom.